The number of para-hydroxylation sites is 1. The van der Waals surface area contributed by atoms with Crippen molar-refractivity contribution in [3.05, 3.63) is 88.8 Å². The zero-order valence-electron chi connectivity index (χ0n) is 15.0. The number of furan rings is 1. The Balaban J connectivity index is 1.71. The smallest absolute Gasteiger partial charge is 0.272 e. The van der Waals surface area contributed by atoms with E-state index in [0.29, 0.717) is 27.6 Å². The number of carbonyl (C=O) groups excluding carboxylic acids is 1. The Bertz CT molecular complexity index is 1200. The van der Waals surface area contributed by atoms with Crippen LogP contribution in [0, 0.1) is 6.92 Å². The number of halogens is 1. The van der Waals surface area contributed by atoms with Crippen molar-refractivity contribution in [3.8, 4) is 11.3 Å². The monoisotopic (exact) mass is 389 g/mol. The van der Waals surface area contributed by atoms with Crippen molar-refractivity contribution >= 4 is 34.6 Å². The van der Waals surface area contributed by atoms with Crippen LogP contribution in [0.3, 0.4) is 0 Å². The number of fused-ring (bicyclic) bond motifs is 1. The third kappa shape index (κ3) is 3.66. The average molecular weight is 390 g/mol. The molecule has 2 aromatic carbocycles. The van der Waals surface area contributed by atoms with Crippen molar-refractivity contribution in [1.29, 1.82) is 0 Å². The first-order valence-electron chi connectivity index (χ1n) is 8.66. The minimum absolute atomic E-state index is 0.341. The van der Waals surface area contributed by atoms with E-state index in [9.17, 15) is 4.79 Å². The van der Waals surface area contributed by atoms with Gasteiger partial charge in [0.05, 0.1) is 23.0 Å². The number of hydrazone groups is 1. The van der Waals surface area contributed by atoms with Crippen LogP contribution < -0.4 is 5.43 Å². The van der Waals surface area contributed by atoms with Gasteiger partial charge in [0.15, 0.2) is 0 Å². The van der Waals surface area contributed by atoms with Crippen LogP contribution in [-0.2, 0) is 0 Å². The molecule has 0 radical (unpaired) electrons. The van der Waals surface area contributed by atoms with E-state index in [1.807, 2.05) is 55.5 Å². The molecule has 28 heavy (non-hydrogen) atoms. The summed E-state index contributed by atoms with van der Waals surface area (Å²) in [6, 6.07) is 20.2. The van der Waals surface area contributed by atoms with E-state index in [2.05, 4.69) is 15.5 Å². The van der Waals surface area contributed by atoms with Crippen molar-refractivity contribution in [2.45, 2.75) is 6.92 Å². The normalized spacial score (nSPS) is 11.2. The van der Waals surface area contributed by atoms with Gasteiger partial charge in [0.1, 0.15) is 11.5 Å². The first-order valence-corrected chi connectivity index (χ1v) is 9.04. The molecule has 0 spiro atoms. The molecule has 0 saturated heterocycles. The number of amides is 1. The van der Waals surface area contributed by atoms with Crippen molar-refractivity contribution in [3.63, 3.8) is 0 Å². The Morgan fingerprint density at radius 1 is 1.11 bits per heavy atom. The number of carbonyl (C=O) groups is 1. The van der Waals surface area contributed by atoms with E-state index < -0.39 is 0 Å². The predicted molar refractivity (Wildman–Crippen MR) is 111 cm³/mol. The van der Waals surface area contributed by atoms with Gasteiger partial charge in [0.25, 0.3) is 5.91 Å². The summed E-state index contributed by atoms with van der Waals surface area (Å²) in [6.45, 7) is 1.84. The van der Waals surface area contributed by atoms with Gasteiger partial charge >= 0.3 is 0 Å². The lowest BCUT2D eigenvalue weighted by Gasteiger charge is -2.10. The molecule has 138 valence electrons. The number of pyridine rings is 1. The van der Waals surface area contributed by atoms with E-state index in [-0.39, 0.29) is 5.91 Å². The maximum atomic E-state index is 12.8. The van der Waals surface area contributed by atoms with Crippen LogP contribution in [0.5, 0.6) is 0 Å². The quantitative estimate of drug-likeness (QED) is 0.384. The molecule has 2 heterocycles. The number of hydrogen-bond acceptors (Lipinski definition) is 4. The van der Waals surface area contributed by atoms with E-state index in [4.69, 9.17) is 16.0 Å². The largest absolute Gasteiger partial charge is 0.460 e. The first kappa shape index (κ1) is 17.9. The van der Waals surface area contributed by atoms with Crippen LogP contribution in [0.4, 0.5) is 0 Å². The first-order chi connectivity index (χ1) is 13.6. The summed E-state index contributed by atoms with van der Waals surface area (Å²) >= 11 is 6.32. The fraction of sp³-hybridized carbons (Fsp3) is 0.0455. The molecule has 0 bridgehead atoms. The second-order valence-electron chi connectivity index (χ2n) is 6.20. The van der Waals surface area contributed by atoms with Gasteiger partial charge in [0.2, 0.25) is 0 Å². The zero-order valence-corrected chi connectivity index (χ0v) is 15.8. The van der Waals surface area contributed by atoms with Gasteiger partial charge in [-0.25, -0.2) is 10.4 Å². The summed E-state index contributed by atoms with van der Waals surface area (Å²) in [5.41, 5.74) is 5.11. The van der Waals surface area contributed by atoms with Gasteiger partial charge in [-0.15, -0.1) is 0 Å². The number of rotatable bonds is 4. The van der Waals surface area contributed by atoms with Crippen LogP contribution in [0.25, 0.3) is 22.2 Å². The minimum Gasteiger partial charge on any atom is -0.460 e. The summed E-state index contributed by atoms with van der Waals surface area (Å²) in [4.78, 5) is 17.5. The second-order valence-corrected chi connectivity index (χ2v) is 6.61. The molecular weight excluding hydrogens is 374 g/mol. The minimum atomic E-state index is -0.341. The van der Waals surface area contributed by atoms with Crippen LogP contribution >= 0.6 is 11.6 Å². The maximum Gasteiger partial charge on any atom is 0.272 e. The summed E-state index contributed by atoms with van der Waals surface area (Å²) in [5.74, 6) is 0.998. The van der Waals surface area contributed by atoms with Gasteiger partial charge in [-0.2, -0.15) is 5.10 Å². The highest BCUT2D eigenvalue weighted by Crippen LogP contribution is 2.29. The maximum absolute atomic E-state index is 12.8. The van der Waals surface area contributed by atoms with E-state index >= 15 is 0 Å². The lowest BCUT2D eigenvalue weighted by molar-refractivity contribution is 0.0956. The Morgan fingerprint density at radius 3 is 2.68 bits per heavy atom. The Morgan fingerprint density at radius 2 is 1.89 bits per heavy atom. The SMILES string of the molecule is Cc1ccc(C=NNC(=O)c2cc(-c3ccccc3Cl)nc3ccccc23)o1. The molecule has 4 rings (SSSR count). The molecule has 1 amide bonds. The van der Waals surface area contributed by atoms with Crippen molar-refractivity contribution in [2.24, 2.45) is 5.10 Å². The molecule has 6 heteroatoms. The van der Waals surface area contributed by atoms with Crippen LogP contribution in [0.2, 0.25) is 5.02 Å². The van der Waals surface area contributed by atoms with Crippen molar-refractivity contribution in [2.75, 3.05) is 0 Å². The molecule has 0 fully saturated rings. The predicted octanol–water partition coefficient (Wildman–Crippen LogP) is 5.22. The molecule has 0 aliphatic carbocycles. The summed E-state index contributed by atoms with van der Waals surface area (Å²) in [6.07, 6.45) is 1.46. The number of nitrogens with one attached hydrogen (secondary N) is 1. The Kier molecular flexibility index (Phi) is 4.91. The highest BCUT2D eigenvalue weighted by atomic mass is 35.5. The van der Waals surface area contributed by atoms with Gasteiger partial charge in [-0.3, -0.25) is 4.79 Å². The molecule has 5 nitrogen and oxygen atoms in total. The second kappa shape index (κ2) is 7.66. The number of benzene rings is 2. The van der Waals surface area contributed by atoms with Crippen LogP contribution in [-0.4, -0.2) is 17.1 Å². The van der Waals surface area contributed by atoms with Gasteiger partial charge < -0.3 is 4.42 Å². The molecule has 2 aromatic heterocycles. The number of nitrogens with zero attached hydrogens (tertiary/aromatic N) is 2. The highest BCUT2D eigenvalue weighted by Gasteiger charge is 2.14. The number of aromatic nitrogens is 1. The van der Waals surface area contributed by atoms with Gasteiger partial charge in [-0.05, 0) is 37.3 Å². The van der Waals surface area contributed by atoms with Gasteiger partial charge in [-0.1, -0.05) is 48.0 Å². The molecule has 1 N–H and O–H groups in total. The molecule has 0 aliphatic heterocycles. The van der Waals surface area contributed by atoms with E-state index in [0.717, 1.165) is 16.7 Å². The third-order valence-electron chi connectivity index (χ3n) is 4.23. The van der Waals surface area contributed by atoms with Gasteiger partial charge in [0, 0.05) is 16.0 Å². The van der Waals surface area contributed by atoms with E-state index in [1.165, 1.54) is 6.21 Å². The average Bonchev–Trinajstić information content (AvgIpc) is 3.12. The zero-order chi connectivity index (χ0) is 19.5. The summed E-state index contributed by atoms with van der Waals surface area (Å²) in [5, 5.41) is 5.30. The van der Waals surface area contributed by atoms with Crippen molar-refractivity contribution in [1.82, 2.24) is 10.4 Å². The standard InChI is InChI=1S/C22H16ClN3O2/c1-14-10-11-15(28-14)13-24-26-22(27)18-12-21(17-7-2-4-8-19(17)23)25-20-9-5-3-6-16(18)20/h2-13H,1H3,(H,26,27). The fourth-order valence-electron chi connectivity index (χ4n) is 2.91. The molecule has 0 atom stereocenters. The Hall–Kier alpha value is -3.44. The molecule has 0 unspecified atom stereocenters. The number of aryl methyl sites for hydroxylation is 1. The Labute approximate surface area is 166 Å². The topological polar surface area (TPSA) is 67.5 Å². The molecule has 4 aromatic rings. The number of hydrogen-bond donors (Lipinski definition) is 1. The molecular formula is C22H16ClN3O2. The summed E-state index contributed by atoms with van der Waals surface area (Å²) < 4.78 is 5.41. The van der Waals surface area contributed by atoms with Crippen molar-refractivity contribution < 1.29 is 9.21 Å². The lowest BCUT2D eigenvalue weighted by atomic mass is 10.0. The fourth-order valence-corrected chi connectivity index (χ4v) is 3.14. The molecule has 0 saturated carbocycles. The van der Waals surface area contributed by atoms with Crippen LogP contribution in [0.15, 0.2) is 76.2 Å². The summed E-state index contributed by atoms with van der Waals surface area (Å²) in [7, 11) is 0. The molecule has 0 aliphatic rings. The lowest BCUT2D eigenvalue weighted by Crippen LogP contribution is -2.18. The third-order valence-corrected chi connectivity index (χ3v) is 4.56. The van der Waals surface area contributed by atoms with Crippen LogP contribution in [0.1, 0.15) is 21.9 Å². The highest BCUT2D eigenvalue weighted by molar-refractivity contribution is 6.33. The van der Waals surface area contributed by atoms with E-state index in [1.54, 1.807) is 18.2 Å².